The molecule has 0 aromatic rings. The maximum atomic E-state index is 3.19. The predicted octanol–water partition coefficient (Wildman–Crippen LogP) is 3.03. The minimum absolute atomic E-state index is 0.738. The highest BCUT2D eigenvalue weighted by molar-refractivity contribution is 5.16. The summed E-state index contributed by atoms with van der Waals surface area (Å²) in [5.41, 5.74) is 1.33. The van der Waals surface area contributed by atoms with Gasteiger partial charge in [0.05, 0.1) is 0 Å². The fourth-order valence-electron chi connectivity index (χ4n) is 1.56. The molecule has 0 radical (unpaired) electrons. The van der Waals surface area contributed by atoms with Crippen molar-refractivity contribution in [3.63, 3.8) is 0 Å². The normalized spacial score (nSPS) is 12.8. The molecule has 0 bridgehead atoms. The standard InChI is InChI=1S/C14H28N2/c1-6-14(10-8-9-13(3)4)16(7-2)12-11-15-5/h6,8,10,13,15H,7,9,11-12H2,1-5H3/b10-8-,14-6+. The van der Waals surface area contributed by atoms with Gasteiger partial charge in [0.15, 0.2) is 0 Å². The first-order chi connectivity index (χ1) is 7.65. The van der Waals surface area contributed by atoms with Gasteiger partial charge in [0.25, 0.3) is 0 Å². The maximum Gasteiger partial charge on any atom is 0.0319 e. The molecule has 16 heavy (non-hydrogen) atoms. The van der Waals surface area contributed by atoms with Crippen molar-refractivity contribution in [2.75, 3.05) is 26.7 Å². The maximum absolute atomic E-state index is 3.19. The molecule has 2 heteroatoms. The van der Waals surface area contributed by atoms with Crippen LogP contribution in [0.2, 0.25) is 0 Å². The van der Waals surface area contributed by atoms with Gasteiger partial charge in [0, 0.05) is 25.3 Å². The van der Waals surface area contributed by atoms with E-state index in [0.717, 1.165) is 32.0 Å². The first-order valence-corrected chi connectivity index (χ1v) is 6.38. The Morgan fingerprint density at radius 3 is 2.50 bits per heavy atom. The minimum atomic E-state index is 0.738. The van der Waals surface area contributed by atoms with Gasteiger partial charge in [-0.25, -0.2) is 0 Å². The third kappa shape index (κ3) is 6.67. The van der Waals surface area contributed by atoms with Crippen molar-refractivity contribution in [3.05, 3.63) is 23.9 Å². The summed E-state index contributed by atoms with van der Waals surface area (Å²) < 4.78 is 0. The number of likely N-dealkylation sites (N-methyl/N-ethyl adjacent to an activating group) is 2. The highest BCUT2D eigenvalue weighted by Crippen LogP contribution is 2.08. The van der Waals surface area contributed by atoms with Crippen LogP contribution in [0.15, 0.2) is 23.9 Å². The molecule has 0 saturated heterocycles. The number of nitrogens with zero attached hydrogens (tertiary/aromatic N) is 1. The molecular weight excluding hydrogens is 196 g/mol. The van der Waals surface area contributed by atoms with Gasteiger partial charge in [-0.1, -0.05) is 26.0 Å². The van der Waals surface area contributed by atoms with Crippen LogP contribution >= 0.6 is 0 Å². The van der Waals surface area contributed by atoms with Crippen LogP contribution in [0.1, 0.15) is 34.1 Å². The Morgan fingerprint density at radius 2 is 2.06 bits per heavy atom. The number of rotatable bonds is 8. The zero-order chi connectivity index (χ0) is 12.4. The van der Waals surface area contributed by atoms with E-state index in [-0.39, 0.29) is 0 Å². The Balaban J connectivity index is 4.28. The number of hydrogen-bond acceptors (Lipinski definition) is 2. The minimum Gasteiger partial charge on any atom is -0.371 e. The molecule has 0 aromatic heterocycles. The van der Waals surface area contributed by atoms with Gasteiger partial charge in [0.2, 0.25) is 0 Å². The average Bonchev–Trinajstić information content (AvgIpc) is 2.27. The van der Waals surface area contributed by atoms with Crippen molar-refractivity contribution >= 4 is 0 Å². The summed E-state index contributed by atoms with van der Waals surface area (Å²) in [5.74, 6) is 0.738. The van der Waals surface area contributed by atoms with Crippen LogP contribution in [0.3, 0.4) is 0 Å². The lowest BCUT2D eigenvalue weighted by atomic mass is 10.1. The van der Waals surface area contributed by atoms with Crippen molar-refractivity contribution < 1.29 is 0 Å². The van der Waals surface area contributed by atoms with E-state index in [1.807, 2.05) is 7.05 Å². The molecule has 0 fully saturated rings. The summed E-state index contributed by atoms with van der Waals surface area (Å²) in [4.78, 5) is 2.40. The van der Waals surface area contributed by atoms with E-state index in [4.69, 9.17) is 0 Å². The summed E-state index contributed by atoms with van der Waals surface area (Å²) in [6.07, 6.45) is 7.87. The van der Waals surface area contributed by atoms with Crippen LogP contribution in [0.5, 0.6) is 0 Å². The van der Waals surface area contributed by atoms with Crippen LogP contribution in [0.25, 0.3) is 0 Å². The average molecular weight is 224 g/mol. The third-order valence-electron chi connectivity index (χ3n) is 2.57. The van der Waals surface area contributed by atoms with E-state index in [9.17, 15) is 0 Å². The van der Waals surface area contributed by atoms with E-state index < -0.39 is 0 Å². The van der Waals surface area contributed by atoms with E-state index in [1.54, 1.807) is 0 Å². The van der Waals surface area contributed by atoms with Crippen LogP contribution in [0, 0.1) is 5.92 Å². The van der Waals surface area contributed by atoms with Gasteiger partial charge < -0.3 is 10.2 Å². The van der Waals surface area contributed by atoms with Crippen molar-refractivity contribution in [1.29, 1.82) is 0 Å². The van der Waals surface area contributed by atoms with Gasteiger partial charge >= 0.3 is 0 Å². The second-order valence-electron chi connectivity index (χ2n) is 4.43. The van der Waals surface area contributed by atoms with E-state index in [0.29, 0.717) is 0 Å². The van der Waals surface area contributed by atoms with Gasteiger partial charge in [0.1, 0.15) is 0 Å². The Morgan fingerprint density at radius 1 is 1.38 bits per heavy atom. The van der Waals surface area contributed by atoms with Crippen LogP contribution in [-0.2, 0) is 0 Å². The Labute approximate surface area is 101 Å². The van der Waals surface area contributed by atoms with Crippen LogP contribution < -0.4 is 5.32 Å². The Hall–Kier alpha value is -0.760. The van der Waals surface area contributed by atoms with Crippen molar-refractivity contribution in [1.82, 2.24) is 10.2 Å². The van der Waals surface area contributed by atoms with Crippen molar-refractivity contribution in [2.45, 2.75) is 34.1 Å². The van der Waals surface area contributed by atoms with Gasteiger partial charge in [-0.05, 0) is 39.3 Å². The van der Waals surface area contributed by atoms with Crippen molar-refractivity contribution in [2.24, 2.45) is 5.92 Å². The summed E-state index contributed by atoms with van der Waals surface area (Å²) >= 11 is 0. The van der Waals surface area contributed by atoms with E-state index in [2.05, 4.69) is 56.1 Å². The molecule has 0 unspecified atom stereocenters. The molecule has 1 N–H and O–H groups in total. The molecule has 0 aliphatic rings. The quantitative estimate of drug-likeness (QED) is 0.638. The molecule has 0 saturated carbocycles. The lowest BCUT2D eigenvalue weighted by Gasteiger charge is -2.24. The molecule has 0 amide bonds. The van der Waals surface area contributed by atoms with Crippen LogP contribution in [0.4, 0.5) is 0 Å². The Bertz CT molecular complexity index is 217. The number of nitrogens with one attached hydrogen (secondary N) is 1. The molecule has 0 rings (SSSR count). The Kier molecular flexibility index (Phi) is 9.02. The summed E-state index contributed by atoms with van der Waals surface area (Å²) in [6.45, 7) is 12.0. The predicted molar refractivity (Wildman–Crippen MR) is 73.5 cm³/mol. The van der Waals surface area contributed by atoms with Gasteiger partial charge in [-0.3, -0.25) is 0 Å². The SMILES string of the molecule is C/C=C(\C=C/CC(C)C)N(CC)CCNC. The molecular formula is C14H28N2. The van der Waals surface area contributed by atoms with E-state index >= 15 is 0 Å². The lowest BCUT2D eigenvalue weighted by molar-refractivity contribution is 0.372. The zero-order valence-corrected chi connectivity index (χ0v) is 11.6. The molecule has 2 nitrogen and oxygen atoms in total. The van der Waals surface area contributed by atoms with Gasteiger partial charge in [-0.15, -0.1) is 0 Å². The molecule has 0 spiro atoms. The zero-order valence-electron chi connectivity index (χ0n) is 11.6. The highest BCUT2D eigenvalue weighted by atomic mass is 15.1. The molecule has 0 atom stereocenters. The van der Waals surface area contributed by atoms with Crippen LogP contribution in [-0.4, -0.2) is 31.6 Å². The third-order valence-corrected chi connectivity index (χ3v) is 2.57. The fourth-order valence-corrected chi connectivity index (χ4v) is 1.56. The molecule has 0 aromatic carbocycles. The topological polar surface area (TPSA) is 15.3 Å². The highest BCUT2D eigenvalue weighted by Gasteiger charge is 2.02. The fraction of sp³-hybridized carbons (Fsp3) is 0.714. The first kappa shape index (κ1) is 15.2. The molecule has 94 valence electrons. The molecule has 0 aliphatic heterocycles. The second kappa shape index (κ2) is 9.46. The summed E-state index contributed by atoms with van der Waals surface area (Å²) in [7, 11) is 2.00. The van der Waals surface area contributed by atoms with Crippen molar-refractivity contribution in [3.8, 4) is 0 Å². The number of allylic oxidation sites excluding steroid dienone is 3. The van der Waals surface area contributed by atoms with E-state index in [1.165, 1.54) is 5.70 Å². The molecule has 0 heterocycles. The summed E-state index contributed by atoms with van der Waals surface area (Å²) in [5, 5.41) is 3.19. The van der Waals surface area contributed by atoms with Gasteiger partial charge in [-0.2, -0.15) is 0 Å². The monoisotopic (exact) mass is 224 g/mol. The smallest absolute Gasteiger partial charge is 0.0319 e. The summed E-state index contributed by atoms with van der Waals surface area (Å²) in [6, 6.07) is 0. The largest absolute Gasteiger partial charge is 0.371 e. The lowest BCUT2D eigenvalue weighted by Crippen LogP contribution is -2.29. The molecule has 0 aliphatic carbocycles. The second-order valence-corrected chi connectivity index (χ2v) is 4.43. The number of hydrogen-bond donors (Lipinski definition) is 1. The first-order valence-electron chi connectivity index (χ1n) is 6.38.